The highest BCUT2D eigenvalue weighted by atomic mass is 16.3. The summed E-state index contributed by atoms with van der Waals surface area (Å²) in [5.74, 6) is 0. The number of benzene rings is 6. The molecule has 7 aromatic rings. The maximum Gasteiger partial charge on any atom is 0.252 e. The Morgan fingerprint density at radius 3 is 2.11 bits per heavy atom. The first-order valence-electron chi connectivity index (χ1n) is 21.3. The number of anilines is 5. The molecular formula is C53H53BN2O. The van der Waals surface area contributed by atoms with Gasteiger partial charge in [0, 0.05) is 44.5 Å². The third-order valence-electron chi connectivity index (χ3n) is 14.7. The second-order valence-corrected chi connectivity index (χ2v) is 20.2. The van der Waals surface area contributed by atoms with Crippen LogP contribution in [0.2, 0.25) is 0 Å². The highest BCUT2D eigenvalue weighted by Crippen LogP contribution is 2.62. The number of hydrogen-bond donors (Lipinski definition) is 0. The molecule has 0 saturated heterocycles. The van der Waals surface area contributed by atoms with Gasteiger partial charge < -0.3 is 14.2 Å². The van der Waals surface area contributed by atoms with Crippen LogP contribution in [0.5, 0.6) is 0 Å². The van der Waals surface area contributed by atoms with Gasteiger partial charge in [0.2, 0.25) is 0 Å². The Hall–Kier alpha value is -5.22. The van der Waals surface area contributed by atoms with Crippen LogP contribution < -0.4 is 26.2 Å². The van der Waals surface area contributed by atoms with E-state index in [1.807, 2.05) is 0 Å². The fourth-order valence-electron chi connectivity index (χ4n) is 11.4. The molecule has 1 aliphatic carbocycles. The van der Waals surface area contributed by atoms with Crippen molar-refractivity contribution in [1.82, 2.24) is 0 Å². The van der Waals surface area contributed by atoms with Crippen LogP contribution in [0.15, 0.2) is 114 Å². The van der Waals surface area contributed by atoms with Gasteiger partial charge in [0.15, 0.2) is 0 Å². The molecule has 3 nitrogen and oxygen atoms in total. The van der Waals surface area contributed by atoms with E-state index in [-0.39, 0.29) is 28.5 Å². The van der Waals surface area contributed by atoms with Gasteiger partial charge in [-0.15, -0.1) is 0 Å². The molecule has 4 heterocycles. The number of fused-ring (bicyclic) bond motifs is 10. The Balaban J connectivity index is 1.30. The predicted molar refractivity (Wildman–Crippen MR) is 243 cm³/mol. The molecule has 4 aliphatic rings. The van der Waals surface area contributed by atoms with E-state index in [1.54, 1.807) is 5.56 Å². The van der Waals surface area contributed by atoms with E-state index in [4.69, 9.17) is 4.42 Å². The van der Waals surface area contributed by atoms with E-state index in [9.17, 15) is 0 Å². The van der Waals surface area contributed by atoms with Gasteiger partial charge in [0.1, 0.15) is 11.2 Å². The molecule has 1 fully saturated rings. The number of rotatable bonds is 2. The van der Waals surface area contributed by atoms with E-state index >= 15 is 0 Å². The lowest BCUT2D eigenvalue weighted by atomic mass is 9.33. The number of furan rings is 1. The summed E-state index contributed by atoms with van der Waals surface area (Å²) in [6.45, 7) is 21.7. The predicted octanol–water partition coefficient (Wildman–Crippen LogP) is 12.5. The molecule has 11 rings (SSSR count). The van der Waals surface area contributed by atoms with E-state index in [0.717, 1.165) is 21.9 Å². The molecule has 284 valence electrons. The largest absolute Gasteiger partial charge is 0.456 e. The Kier molecular flexibility index (Phi) is 7.04. The van der Waals surface area contributed by atoms with E-state index < -0.39 is 0 Å². The number of para-hydroxylation sites is 1. The van der Waals surface area contributed by atoms with Crippen LogP contribution >= 0.6 is 0 Å². The quantitative estimate of drug-likeness (QED) is 0.164. The van der Waals surface area contributed by atoms with Crippen LogP contribution in [-0.2, 0) is 16.2 Å². The van der Waals surface area contributed by atoms with Crippen LogP contribution in [0, 0.1) is 6.92 Å². The number of hydrogen-bond acceptors (Lipinski definition) is 3. The van der Waals surface area contributed by atoms with Gasteiger partial charge in [0.25, 0.3) is 6.71 Å². The van der Waals surface area contributed by atoms with Crippen molar-refractivity contribution < 1.29 is 4.42 Å². The Bertz CT molecular complexity index is 2840. The van der Waals surface area contributed by atoms with Crippen LogP contribution in [0.4, 0.5) is 28.4 Å². The van der Waals surface area contributed by atoms with Crippen LogP contribution in [0.3, 0.4) is 0 Å². The normalized spacial score (nSPS) is 20.8. The monoisotopic (exact) mass is 744 g/mol. The van der Waals surface area contributed by atoms with Gasteiger partial charge in [-0.2, -0.15) is 0 Å². The fourth-order valence-corrected chi connectivity index (χ4v) is 11.4. The van der Waals surface area contributed by atoms with Gasteiger partial charge in [-0.3, -0.25) is 0 Å². The van der Waals surface area contributed by atoms with Gasteiger partial charge in [-0.05, 0) is 124 Å². The molecular weight excluding hydrogens is 691 g/mol. The zero-order valence-electron chi connectivity index (χ0n) is 35.1. The van der Waals surface area contributed by atoms with Crippen molar-refractivity contribution in [2.24, 2.45) is 0 Å². The lowest BCUT2D eigenvalue weighted by Crippen LogP contribution is -2.64. The zero-order chi connectivity index (χ0) is 39.4. The van der Waals surface area contributed by atoms with Crippen LogP contribution in [-0.4, -0.2) is 12.3 Å². The Morgan fingerprint density at radius 2 is 1.33 bits per heavy atom. The fraction of sp³-hybridized carbons (Fsp3) is 0.321. The molecule has 3 aliphatic heterocycles. The molecule has 57 heavy (non-hydrogen) atoms. The molecule has 0 radical (unpaired) electrons. The molecule has 0 amide bonds. The molecule has 0 bridgehead atoms. The molecule has 1 aromatic heterocycles. The Morgan fingerprint density at radius 1 is 0.614 bits per heavy atom. The zero-order valence-corrected chi connectivity index (χ0v) is 35.1. The molecule has 0 N–H and O–H groups in total. The van der Waals surface area contributed by atoms with Gasteiger partial charge in [0.05, 0.1) is 11.2 Å². The summed E-state index contributed by atoms with van der Waals surface area (Å²) in [5, 5.41) is 2.32. The minimum absolute atomic E-state index is 0.00135. The summed E-state index contributed by atoms with van der Waals surface area (Å²) in [7, 11) is 0. The van der Waals surface area contributed by atoms with Crippen molar-refractivity contribution in [3.63, 3.8) is 0 Å². The highest BCUT2D eigenvalue weighted by molar-refractivity contribution is 7.00. The van der Waals surface area contributed by atoms with Gasteiger partial charge >= 0.3 is 0 Å². The van der Waals surface area contributed by atoms with Crippen molar-refractivity contribution in [3.05, 3.63) is 131 Å². The maximum absolute atomic E-state index is 6.76. The lowest BCUT2D eigenvalue weighted by molar-refractivity contribution is 0.195. The van der Waals surface area contributed by atoms with Gasteiger partial charge in [-0.25, -0.2) is 0 Å². The van der Waals surface area contributed by atoms with Crippen molar-refractivity contribution in [1.29, 1.82) is 0 Å². The van der Waals surface area contributed by atoms with E-state index in [0.29, 0.717) is 0 Å². The van der Waals surface area contributed by atoms with E-state index in [1.165, 1.54) is 98.3 Å². The summed E-state index contributed by atoms with van der Waals surface area (Å²) in [6, 6.07) is 41.9. The first kappa shape index (κ1) is 35.0. The molecule has 2 atom stereocenters. The summed E-state index contributed by atoms with van der Waals surface area (Å²) >= 11 is 0. The number of aryl methyl sites for hydroxylation is 1. The van der Waals surface area contributed by atoms with Crippen molar-refractivity contribution >= 4 is 73.5 Å². The molecule has 2 unspecified atom stereocenters. The van der Waals surface area contributed by atoms with Crippen LogP contribution in [0.1, 0.15) is 103 Å². The first-order valence-corrected chi connectivity index (χ1v) is 21.3. The molecule has 1 saturated carbocycles. The van der Waals surface area contributed by atoms with Crippen molar-refractivity contribution in [3.8, 4) is 11.1 Å². The highest BCUT2D eigenvalue weighted by Gasteiger charge is 2.61. The second-order valence-electron chi connectivity index (χ2n) is 20.2. The summed E-state index contributed by atoms with van der Waals surface area (Å²) in [4.78, 5) is 5.49. The maximum atomic E-state index is 6.76. The number of nitrogens with zero attached hydrogens (tertiary/aromatic N) is 2. The Labute approximate surface area is 338 Å². The topological polar surface area (TPSA) is 19.6 Å². The molecule has 0 spiro atoms. The van der Waals surface area contributed by atoms with E-state index in [2.05, 4.69) is 181 Å². The SMILES string of the molecule is Cc1cc2c3c(c1)N1c4c(cc(C(C)(C)C)cc4C4(C)CCCCC14C)B3c1cc3oc4ccccc4c3cc1N2c1ccc(C(C)(C)C)cc1-c1ccccc1. The standard InChI is InChI=1S/C53H53BN2O/c1-32-25-44-48-45(26-32)56-49-39(52(8)23-15-16-24-53(52,56)9)28-35(51(5,6)7)29-41(49)54(48)40-31-47-38(36-19-13-14-20-46(36)57-47)30-43(40)55(44)42-22-21-34(50(2,3)4)27-37(42)33-17-11-10-12-18-33/h10-14,17-22,25-31H,15-16,23-24H2,1-9H3. The molecule has 4 heteroatoms. The average Bonchev–Trinajstić information content (AvgIpc) is 3.64. The van der Waals surface area contributed by atoms with Crippen molar-refractivity contribution in [2.75, 3.05) is 9.80 Å². The van der Waals surface area contributed by atoms with Crippen molar-refractivity contribution in [2.45, 2.75) is 110 Å². The van der Waals surface area contributed by atoms with Crippen LogP contribution in [0.25, 0.3) is 33.1 Å². The average molecular weight is 745 g/mol. The third kappa shape index (κ3) is 4.68. The minimum atomic E-state index is -0.0390. The summed E-state index contributed by atoms with van der Waals surface area (Å²) in [6.07, 6.45) is 4.93. The summed E-state index contributed by atoms with van der Waals surface area (Å²) < 4.78 is 6.76. The smallest absolute Gasteiger partial charge is 0.252 e. The minimum Gasteiger partial charge on any atom is -0.456 e. The second kappa shape index (κ2) is 11.5. The third-order valence-corrected chi connectivity index (χ3v) is 14.7. The lowest BCUT2D eigenvalue weighted by Gasteiger charge is -2.53. The first-order chi connectivity index (χ1) is 27.2. The van der Waals surface area contributed by atoms with Gasteiger partial charge in [-0.1, -0.05) is 128 Å². The summed E-state index contributed by atoms with van der Waals surface area (Å²) in [5.41, 5.74) is 20.8. The molecule has 6 aromatic carbocycles.